The van der Waals surface area contributed by atoms with Gasteiger partial charge in [-0.3, -0.25) is 9.69 Å². The van der Waals surface area contributed by atoms with E-state index < -0.39 is 23.9 Å². The van der Waals surface area contributed by atoms with Gasteiger partial charge in [0.1, 0.15) is 23.7 Å². The van der Waals surface area contributed by atoms with E-state index in [4.69, 9.17) is 15.2 Å². The molecule has 4 aromatic carbocycles. The van der Waals surface area contributed by atoms with Crippen LogP contribution in [-0.4, -0.2) is 34.7 Å². The topological polar surface area (TPSA) is 85.0 Å². The summed E-state index contributed by atoms with van der Waals surface area (Å²) in [6, 6.07) is 32.0. The lowest BCUT2D eigenvalue weighted by molar-refractivity contribution is -0.148. The number of carbonyl (C=O) groups is 1. The van der Waals surface area contributed by atoms with Crippen molar-refractivity contribution in [3.8, 4) is 5.75 Å². The third-order valence-corrected chi connectivity index (χ3v) is 6.36. The van der Waals surface area contributed by atoms with E-state index in [1.54, 1.807) is 0 Å². The Morgan fingerprint density at radius 1 is 0.821 bits per heavy atom. The van der Waals surface area contributed by atoms with Crippen LogP contribution < -0.4 is 10.5 Å². The van der Waals surface area contributed by atoms with Gasteiger partial charge in [-0.15, -0.1) is 0 Å². The summed E-state index contributed by atoms with van der Waals surface area (Å²) in [5.41, 5.74) is 9.11. The quantitative estimate of drug-likeness (QED) is 0.156. The van der Waals surface area contributed by atoms with Gasteiger partial charge >= 0.3 is 5.97 Å². The highest BCUT2D eigenvalue weighted by Crippen LogP contribution is 2.27. The lowest BCUT2D eigenvalue weighted by atomic mass is 10.0. The Balaban J connectivity index is 1.61. The van der Waals surface area contributed by atoms with Crippen molar-refractivity contribution in [2.75, 3.05) is 12.3 Å². The molecule has 0 radical (unpaired) electrons. The van der Waals surface area contributed by atoms with Crippen molar-refractivity contribution in [3.63, 3.8) is 0 Å². The second-order valence-corrected chi connectivity index (χ2v) is 9.32. The number of aliphatic carboxylic acids is 1. The number of hydrogen-bond donors (Lipinski definition) is 2. The summed E-state index contributed by atoms with van der Waals surface area (Å²) in [6.07, 6.45) is -0.556. The molecule has 4 rings (SSSR count). The standard InChI is InChI=1S/C32H33FN2O4/c33-27-16-17-29(28(34)20-27)39-30(18-19-38-23-26-14-8-3-9-15-26)31(32(36)37)35(21-24-10-4-1-5-11-24)22-25-12-6-2-7-13-25/h1-17,20,30-31H,18-19,21-23,34H2,(H,36,37)/t30-,31-/m0/s1. The van der Waals surface area contributed by atoms with Gasteiger partial charge in [0.05, 0.1) is 18.9 Å². The lowest BCUT2D eigenvalue weighted by Crippen LogP contribution is -2.51. The second kappa shape index (κ2) is 14.1. The molecule has 6 nitrogen and oxygen atoms in total. The Bertz CT molecular complexity index is 1260. The second-order valence-electron chi connectivity index (χ2n) is 9.32. The van der Waals surface area contributed by atoms with Crippen molar-refractivity contribution >= 4 is 11.7 Å². The minimum absolute atomic E-state index is 0.104. The maximum Gasteiger partial charge on any atom is 0.324 e. The minimum Gasteiger partial charge on any atom is -0.486 e. The van der Waals surface area contributed by atoms with E-state index in [2.05, 4.69) is 0 Å². The molecule has 7 heteroatoms. The van der Waals surface area contributed by atoms with Crippen molar-refractivity contribution in [1.82, 2.24) is 4.90 Å². The van der Waals surface area contributed by atoms with Gasteiger partial charge in [0.15, 0.2) is 0 Å². The Labute approximate surface area is 228 Å². The molecule has 2 atom stereocenters. The number of carboxylic acid groups (broad SMARTS) is 1. The molecular formula is C32H33FN2O4. The molecule has 0 saturated carbocycles. The summed E-state index contributed by atoms with van der Waals surface area (Å²) >= 11 is 0. The Morgan fingerprint density at radius 3 is 1.87 bits per heavy atom. The summed E-state index contributed by atoms with van der Waals surface area (Å²) in [5, 5.41) is 10.5. The van der Waals surface area contributed by atoms with E-state index in [1.807, 2.05) is 95.9 Å². The highest BCUT2D eigenvalue weighted by Gasteiger charge is 2.36. The van der Waals surface area contributed by atoms with Crippen LogP contribution in [-0.2, 0) is 29.2 Å². The molecule has 0 aliphatic carbocycles. The fourth-order valence-corrected chi connectivity index (χ4v) is 4.47. The fraction of sp³-hybridized carbons (Fsp3) is 0.219. The first kappa shape index (κ1) is 27.8. The maximum atomic E-state index is 13.7. The van der Waals surface area contributed by atoms with Crippen LogP contribution in [0.3, 0.4) is 0 Å². The highest BCUT2D eigenvalue weighted by atomic mass is 19.1. The first-order chi connectivity index (χ1) is 19.0. The molecule has 4 aromatic rings. The van der Waals surface area contributed by atoms with Crippen LogP contribution in [0.1, 0.15) is 23.1 Å². The van der Waals surface area contributed by atoms with E-state index in [-0.39, 0.29) is 24.5 Å². The van der Waals surface area contributed by atoms with Crippen molar-refractivity contribution in [2.24, 2.45) is 0 Å². The molecule has 3 N–H and O–H groups in total. The third kappa shape index (κ3) is 8.40. The smallest absolute Gasteiger partial charge is 0.324 e. The summed E-state index contributed by atoms with van der Waals surface area (Å²) in [6.45, 7) is 1.42. The maximum absolute atomic E-state index is 13.7. The van der Waals surface area contributed by atoms with E-state index >= 15 is 0 Å². The minimum atomic E-state index is -1.05. The van der Waals surface area contributed by atoms with Crippen LogP contribution in [0.4, 0.5) is 10.1 Å². The van der Waals surface area contributed by atoms with Gasteiger partial charge in [-0.2, -0.15) is 0 Å². The van der Waals surface area contributed by atoms with Crippen molar-refractivity contribution in [3.05, 3.63) is 132 Å². The largest absolute Gasteiger partial charge is 0.486 e. The zero-order valence-corrected chi connectivity index (χ0v) is 21.7. The Kier molecular flexibility index (Phi) is 10.1. The zero-order valence-electron chi connectivity index (χ0n) is 21.7. The molecule has 0 bridgehead atoms. The SMILES string of the molecule is Nc1cc(F)ccc1O[C@@H](CCOCc1ccccc1)[C@@H](C(=O)O)N(Cc1ccccc1)Cc1ccccc1. The number of benzene rings is 4. The molecule has 0 aromatic heterocycles. The molecule has 0 saturated heterocycles. The third-order valence-electron chi connectivity index (χ3n) is 6.36. The number of anilines is 1. The Hall–Kier alpha value is -4.20. The van der Waals surface area contributed by atoms with Crippen LogP contribution >= 0.6 is 0 Å². The summed E-state index contributed by atoms with van der Waals surface area (Å²) in [5.74, 6) is -1.29. The average Bonchev–Trinajstić information content (AvgIpc) is 2.94. The molecule has 202 valence electrons. The van der Waals surface area contributed by atoms with Crippen LogP contribution in [0.25, 0.3) is 0 Å². The van der Waals surface area contributed by atoms with E-state index in [0.29, 0.717) is 19.7 Å². The molecule has 0 unspecified atom stereocenters. The molecule has 0 heterocycles. The van der Waals surface area contributed by atoms with Gasteiger partial charge < -0.3 is 20.3 Å². The number of halogens is 1. The highest BCUT2D eigenvalue weighted by molar-refractivity contribution is 5.74. The van der Waals surface area contributed by atoms with Gasteiger partial charge in [0.25, 0.3) is 0 Å². The first-order valence-corrected chi connectivity index (χ1v) is 12.9. The number of ether oxygens (including phenoxy) is 2. The van der Waals surface area contributed by atoms with Crippen LogP contribution in [0, 0.1) is 5.82 Å². The van der Waals surface area contributed by atoms with Crippen LogP contribution in [0.15, 0.2) is 109 Å². The molecule has 0 fully saturated rings. The zero-order chi connectivity index (χ0) is 27.5. The van der Waals surface area contributed by atoms with Crippen molar-refractivity contribution < 1.29 is 23.8 Å². The summed E-state index contributed by atoms with van der Waals surface area (Å²) in [4.78, 5) is 14.8. The molecule has 0 aliphatic heterocycles. The van der Waals surface area contributed by atoms with Crippen molar-refractivity contribution in [1.29, 1.82) is 0 Å². The summed E-state index contributed by atoms with van der Waals surface area (Å²) < 4.78 is 25.9. The van der Waals surface area contributed by atoms with Crippen LogP contribution in [0.2, 0.25) is 0 Å². The van der Waals surface area contributed by atoms with E-state index in [9.17, 15) is 14.3 Å². The number of nitrogen functional groups attached to an aromatic ring is 1. The molecule has 0 spiro atoms. The molecular weight excluding hydrogens is 495 g/mol. The predicted octanol–water partition coefficient (Wildman–Crippen LogP) is 5.92. The van der Waals surface area contributed by atoms with Gasteiger partial charge in [-0.25, -0.2) is 4.39 Å². The lowest BCUT2D eigenvalue weighted by Gasteiger charge is -2.35. The predicted molar refractivity (Wildman–Crippen MR) is 149 cm³/mol. The monoisotopic (exact) mass is 528 g/mol. The van der Waals surface area contributed by atoms with E-state index in [1.165, 1.54) is 18.2 Å². The fourth-order valence-electron chi connectivity index (χ4n) is 4.47. The van der Waals surface area contributed by atoms with Gasteiger partial charge in [0, 0.05) is 25.6 Å². The average molecular weight is 529 g/mol. The number of nitrogens with two attached hydrogens (primary N) is 1. The molecule has 0 aliphatic rings. The number of hydrogen-bond acceptors (Lipinski definition) is 5. The van der Waals surface area contributed by atoms with Crippen LogP contribution in [0.5, 0.6) is 5.75 Å². The van der Waals surface area contributed by atoms with E-state index in [0.717, 1.165) is 16.7 Å². The van der Waals surface area contributed by atoms with Gasteiger partial charge in [0.2, 0.25) is 0 Å². The number of nitrogens with zero attached hydrogens (tertiary/aromatic N) is 1. The first-order valence-electron chi connectivity index (χ1n) is 12.9. The Morgan fingerprint density at radius 2 is 1.36 bits per heavy atom. The summed E-state index contributed by atoms with van der Waals surface area (Å²) in [7, 11) is 0. The molecule has 39 heavy (non-hydrogen) atoms. The number of carboxylic acids is 1. The normalized spacial score (nSPS) is 12.7. The van der Waals surface area contributed by atoms with Gasteiger partial charge in [-0.05, 0) is 28.8 Å². The number of rotatable bonds is 14. The molecule has 0 amide bonds. The van der Waals surface area contributed by atoms with Crippen molar-refractivity contribution in [2.45, 2.75) is 38.3 Å². The van der Waals surface area contributed by atoms with Gasteiger partial charge in [-0.1, -0.05) is 91.0 Å².